The summed E-state index contributed by atoms with van der Waals surface area (Å²) in [7, 11) is 0. The first kappa shape index (κ1) is 18.0. The standard InChI is InChI=1S/C16H25F3N2/c1-4-21(12-16(17,18)19)11-15-7-5-6-14(8-15)10-20-9-13(2)3/h5-8,13,20H,4,9-12H2,1-3H3. The van der Waals surface area contributed by atoms with Gasteiger partial charge in [0.05, 0.1) is 6.54 Å². The molecule has 0 aliphatic rings. The molecule has 0 radical (unpaired) electrons. The van der Waals surface area contributed by atoms with Gasteiger partial charge >= 0.3 is 6.18 Å². The highest BCUT2D eigenvalue weighted by Crippen LogP contribution is 2.18. The highest BCUT2D eigenvalue weighted by molar-refractivity contribution is 5.23. The molecule has 1 aromatic rings. The van der Waals surface area contributed by atoms with Gasteiger partial charge in [-0.05, 0) is 30.1 Å². The minimum Gasteiger partial charge on any atom is -0.312 e. The maximum absolute atomic E-state index is 12.5. The van der Waals surface area contributed by atoms with E-state index in [1.54, 1.807) is 6.92 Å². The van der Waals surface area contributed by atoms with Gasteiger partial charge in [-0.2, -0.15) is 13.2 Å². The summed E-state index contributed by atoms with van der Waals surface area (Å²) in [5, 5.41) is 3.34. The Morgan fingerprint density at radius 2 is 1.86 bits per heavy atom. The second kappa shape index (κ2) is 8.39. The molecular weight excluding hydrogens is 277 g/mol. The topological polar surface area (TPSA) is 15.3 Å². The zero-order chi connectivity index (χ0) is 15.9. The average Bonchev–Trinajstić information content (AvgIpc) is 2.36. The Morgan fingerprint density at radius 1 is 1.19 bits per heavy atom. The summed E-state index contributed by atoms with van der Waals surface area (Å²) in [4.78, 5) is 1.40. The van der Waals surface area contributed by atoms with Gasteiger partial charge < -0.3 is 5.32 Å². The van der Waals surface area contributed by atoms with Crippen LogP contribution in [0.1, 0.15) is 31.9 Å². The molecule has 0 aliphatic heterocycles. The molecular formula is C16H25F3N2. The van der Waals surface area contributed by atoms with Crippen molar-refractivity contribution in [3.8, 4) is 0 Å². The lowest BCUT2D eigenvalue weighted by Gasteiger charge is -2.22. The molecule has 1 rings (SSSR count). The maximum atomic E-state index is 12.5. The molecule has 0 saturated carbocycles. The lowest BCUT2D eigenvalue weighted by Crippen LogP contribution is -2.33. The smallest absolute Gasteiger partial charge is 0.312 e. The third-order valence-corrected chi connectivity index (χ3v) is 3.13. The average molecular weight is 302 g/mol. The largest absolute Gasteiger partial charge is 0.401 e. The van der Waals surface area contributed by atoms with Crippen LogP contribution in [-0.2, 0) is 13.1 Å². The van der Waals surface area contributed by atoms with Crippen LogP contribution in [0.3, 0.4) is 0 Å². The third kappa shape index (κ3) is 8.07. The van der Waals surface area contributed by atoms with Crippen LogP contribution >= 0.6 is 0 Å². The van der Waals surface area contributed by atoms with Gasteiger partial charge in [-0.25, -0.2) is 0 Å². The maximum Gasteiger partial charge on any atom is 0.401 e. The number of halogens is 3. The highest BCUT2D eigenvalue weighted by Gasteiger charge is 2.29. The molecule has 0 unspecified atom stereocenters. The number of nitrogens with zero attached hydrogens (tertiary/aromatic N) is 1. The highest BCUT2D eigenvalue weighted by atomic mass is 19.4. The Labute approximate surface area is 125 Å². The number of hydrogen-bond donors (Lipinski definition) is 1. The zero-order valence-corrected chi connectivity index (χ0v) is 13.0. The van der Waals surface area contributed by atoms with Crippen molar-refractivity contribution in [1.82, 2.24) is 10.2 Å². The second-order valence-electron chi connectivity index (χ2n) is 5.76. The molecule has 5 heteroatoms. The van der Waals surface area contributed by atoms with E-state index >= 15 is 0 Å². The predicted octanol–water partition coefficient (Wildman–Crippen LogP) is 3.82. The van der Waals surface area contributed by atoms with E-state index in [9.17, 15) is 13.2 Å². The van der Waals surface area contributed by atoms with Crippen LogP contribution in [-0.4, -0.2) is 30.7 Å². The van der Waals surface area contributed by atoms with Crippen molar-refractivity contribution in [1.29, 1.82) is 0 Å². The van der Waals surface area contributed by atoms with Gasteiger partial charge in [-0.1, -0.05) is 45.0 Å². The Kier molecular flexibility index (Phi) is 7.18. The van der Waals surface area contributed by atoms with E-state index in [1.807, 2.05) is 24.3 Å². The fourth-order valence-corrected chi connectivity index (χ4v) is 2.13. The molecule has 1 N–H and O–H groups in total. The van der Waals surface area contributed by atoms with E-state index in [4.69, 9.17) is 0 Å². The summed E-state index contributed by atoms with van der Waals surface area (Å²) in [6.07, 6.45) is -4.15. The predicted molar refractivity (Wildman–Crippen MR) is 80.0 cm³/mol. The van der Waals surface area contributed by atoms with E-state index in [0.717, 1.165) is 24.2 Å². The quantitative estimate of drug-likeness (QED) is 0.785. The van der Waals surface area contributed by atoms with Gasteiger partial charge in [0, 0.05) is 13.1 Å². The fraction of sp³-hybridized carbons (Fsp3) is 0.625. The van der Waals surface area contributed by atoms with Crippen LogP contribution in [0.15, 0.2) is 24.3 Å². The van der Waals surface area contributed by atoms with Gasteiger partial charge in [0.15, 0.2) is 0 Å². The Morgan fingerprint density at radius 3 is 2.43 bits per heavy atom. The van der Waals surface area contributed by atoms with Crippen LogP contribution in [0.4, 0.5) is 13.2 Å². The van der Waals surface area contributed by atoms with Crippen molar-refractivity contribution in [2.75, 3.05) is 19.6 Å². The van der Waals surface area contributed by atoms with Crippen molar-refractivity contribution in [3.63, 3.8) is 0 Å². The summed E-state index contributed by atoms with van der Waals surface area (Å²) in [6, 6.07) is 7.76. The number of benzene rings is 1. The number of hydrogen-bond acceptors (Lipinski definition) is 2. The Balaban J connectivity index is 2.58. The molecule has 0 spiro atoms. The van der Waals surface area contributed by atoms with Crippen molar-refractivity contribution < 1.29 is 13.2 Å². The molecule has 0 aromatic heterocycles. The first-order valence-electron chi connectivity index (χ1n) is 7.37. The Hall–Kier alpha value is -1.07. The zero-order valence-electron chi connectivity index (χ0n) is 13.0. The van der Waals surface area contributed by atoms with Crippen LogP contribution in [0.2, 0.25) is 0 Å². The molecule has 0 atom stereocenters. The molecule has 0 heterocycles. The molecule has 0 fully saturated rings. The van der Waals surface area contributed by atoms with Crippen molar-refractivity contribution >= 4 is 0 Å². The first-order chi connectivity index (χ1) is 9.80. The van der Waals surface area contributed by atoms with Crippen LogP contribution in [0.5, 0.6) is 0 Å². The molecule has 120 valence electrons. The van der Waals surface area contributed by atoms with Crippen molar-refractivity contribution in [3.05, 3.63) is 35.4 Å². The SMILES string of the molecule is CCN(Cc1cccc(CNCC(C)C)c1)CC(F)(F)F. The van der Waals surface area contributed by atoms with Crippen LogP contribution in [0, 0.1) is 5.92 Å². The van der Waals surface area contributed by atoms with Crippen molar-refractivity contribution in [2.45, 2.75) is 40.0 Å². The fourth-order valence-electron chi connectivity index (χ4n) is 2.13. The van der Waals surface area contributed by atoms with Gasteiger partial charge in [0.25, 0.3) is 0 Å². The van der Waals surface area contributed by atoms with E-state index in [-0.39, 0.29) is 0 Å². The lowest BCUT2D eigenvalue weighted by atomic mass is 10.1. The number of rotatable bonds is 8. The summed E-state index contributed by atoms with van der Waals surface area (Å²) in [6.45, 7) is 7.55. The second-order valence-corrected chi connectivity index (χ2v) is 5.76. The van der Waals surface area contributed by atoms with E-state index in [0.29, 0.717) is 19.0 Å². The van der Waals surface area contributed by atoms with E-state index in [1.165, 1.54) is 4.90 Å². The molecule has 0 amide bonds. The summed E-state index contributed by atoms with van der Waals surface area (Å²) in [5.41, 5.74) is 2.03. The molecule has 21 heavy (non-hydrogen) atoms. The summed E-state index contributed by atoms with van der Waals surface area (Å²) < 4.78 is 37.4. The molecule has 0 saturated heterocycles. The molecule has 0 aliphatic carbocycles. The van der Waals surface area contributed by atoms with Gasteiger partial charge in [0.2, 0.25) is 0 Å². The van der Waals surface area contributed by atoms with E-state index in [2.05, 4.69) is 19.2 Å². The van der Waals surface area contributed by atoms with Crippen molar-refractivity contribution in [2.24, 2.45) is 5.92 Å². The van der Waals surface area contributed by atoms with Gasteiger partial charge in [-0.3, -0.25) is 4.90 Å². The first-order valence-corrected chi connectivity index (χ1v) is 7.37. The third-order valence-electron chi connectivity index (χ3n) is 3.13. The van der Waals surface area contributed by atoms with Gasteiger partial charge in [0.1, 0.15) is 0 Å². The monoisotopic (exact) mass is 302 g/mol. The van der Waals surface area contributed by atoms with Crippen LogP contribution in [0.25, 0.3) is 0 Å². The molecule has 0 bridgehead atoms. The molecule has 2 nitrogen and oxygen atoms in total. The van der Waals surface area contributed by atoms with E-state index < -0.39 is 12.7 Å². The van der Waals surface area contributed by atoms with Crippen LogP contribution < -0.4 is 5.32 Å². The minimum atomic E-state index is -4.15. The minimum absolute atomic E-state index is 0.327. The summed E-state index contributed by atoms with van der Waals surface area (Å²) >= 11 is 0. The Bertz CT molecular complexity index is 416. The van der Waals surface area contributed by atoms with Gasteiger partial charge in [-0.15, -0.1) is 0 Å². The molecule has 1 aromatic carbocycles. The number of alkyl halides is 3. The summed E-state index contributed by atoms with van der Waals surface area (Å²) in [5.74, 6) is 0.579. The lowest BCUT2D eigenvalue weighted by molar-refractivity contribution is -0.146. The number of nitrogens with one attached hydrogen (secondary N) is 1. The normalized spacial score (nSPS) is 12.4.